The molecular formula is C16H14BrNO2. The number of aryl methyl sites for hydroxylation is 1. The molecule has 3 nitrogen and oxygen atoms in total. The number of halogens is 1. The Bertz CT molecular complexity index is 718. The van der Waals surface area contributed by atoms with Crippen LogP contribution < -0.4 is 0 Å². The summed E-state index contributed by atoms with van der Waals surface area (Å²) in [4.78, 5) is 4.38. The molecule has 3 rings (SSSR count). The van der Waals surface area contributed by atoms with E-state index in [4.69, 9.17) is 4.42 Å². The van der Waals surface area contributed by atoms with E-state index in [9.17, 15) is 5.11 Å². The maximum atomic E-state index is 10.3. The van der Waals surface area contributed by atoms with Crippen molar-refractivity contribution in [1.29, 1.82) is 0 Å². The topological polar surface area (TPSA) is 46.3 Å². The number of aliphatic hydroxyl groups is 1. The zero-order chi connectivity index (χ0) is 14.1. The number of rotatable bonds is 3. The van der Waals surface area contributed by atoms with E-state index in [-0.39, 0.29) is 0 Å². The molecule has 0 fully saturated rings. The summed E-state index contributed by atoms with van der Waals surface area (Å²) < 4.78 is 6.67. The molecule has 1 N–H and O–H groups in total. The number of para-hydroxylation sites is 2. The first kappa shape index (κ1) is 13.3. The van der Waals surface area contributed by atoms with Crippen LogP contribution in [0.2, 0.25) is 0 Å². The van der Waals surface area contributed by atoms with Crippen molar-refractivity contribution in [3.63, 3.8) is 0 Å². The lowest BCUT2D eigenvalue weighted by molar-refractivity contribution is 0.169. The number of aromatic nitrogens is 1. The predicted molar refractivity (Wildman–Crippen MR) is 81.6 cm³/mol. The Balaban J connectivity index is 1.84. The lowest BCUT2D eigenvalue weighted by Gasteiger charge is -2.10. The summed E-state index contributed by atoms with van der Waals surface area (Å²) in [7, 11) is 0. The van der Waals surface area contributed by atoms with Gasteiger partial charge < -0.3 is 9.52 Å². The number of hydrogen-bond acceptors (Lipinski definition) is 3. The second-order valence-electron chi connectivity index (χ2n) is 4.80. The number of oxazole rings is 1. The van der Waals surface area contributed by atoms with Gasteiger partial charge >= 0.3 is 0 Å². The van der Waals surface area contributed by atoms with E-state index in [1.165, 1.54) is 0 Å². The summed E-state index contributed by atoms with van der Waals surface area (Å²) in [6.07, 6.45) is -0.245. The molecule has 0 spiro atoms. The van der Waals surface area contributed by atoms with E-state index in [1.54, 1.807) is 0 Å². The van der Waals surface area contributed by atoms with Gasteiger partial charge in [-0.3, -0.25) is 0 Å². The molecule has 0 saturated heterocycles. The van der Waals surface area contributed by atoms with Crippen LogP contribution in [0.25, 0.3) is 11.1 Å². The van der Waals surface area contributed by atoms with Gasteiger partial charge in [0.1, 0.15) is 5.52 Å². The summed E-state index contributed by atoms with van der Waals surface area (Å²) in [6, 6.07) is 13.4. The van der Waals surface area contributed by atoms with Crippen LogP contribution in [-0.4, -0.2) is 10.1 Å². The highest BCUT2D eigenvalue weighted by Gasteiger charge is 2.14. The van der Waals surface area contributed by atoms with Crippen molar-refractivity contribution in [2.75, 3.05) is 0 Å². The third kappa shape index (κ3) is 2.62. The van der Waals surface area contributed by atoms with Crippen LogP contribution in [0.1, 0.15) is 23.1 Å². The standard InChI is InChI=1S/C16H14BrNO2/c1-10-8-11(6-7-12(10)17)14(19)9-16-18-13-4-2-3-5-15(13)20-16/h2-8,14,19H,9H2,1H3. The first-order chi connectivity index (χ1) is 9.63. The highest BCUT2D eigenvalue weighted by molar-refractivity contribution is 9.10. The predicted octanol–water partition coefficient (Wildman–Crippen LogP) is 4.17. The van der Waals surface area contributed by atoms with Gasteiger partial charge in [0.15, 0.2) is 11.5 Å². The summed E-state index contributed by atoms with van der Waals surface area (Å²) in [6.45, 7) is 2.00. The molecule has 0 aliphatic rings. The van der Waals surface area contributed by atoms with Gasteiger partial charge in [-0.1, -0.05) is 40.2 Å². The highest BCUT2D eigenvalue weighted by Crippen LogP contribution is 2.24. The normalized spacial score (nSPS) is 12.8. The average Bonchev–Trinajstić information content (AvgIpc) is 2.83. The lowest BCUT2D eigenvalue weighted by Crippen LogP contribution is -2.02. The molecule has 0 saturated carbocycles. The Morgan fingerprint density at radius 2 is 2.05 bits per heavy atom. The first-order valence-corrected chi connectivity index (χ1v) is 7.21. The number of benzene rings is 2. The molecule has 0 aliphatic carbocycles. The van der Waals surface area contributed by atoms with Gasteiger partial charge in [0.2, 0.25) is 0 Å². The zero-order valence-corrected chi connectivity index (χ0v) is 12.6. The van der Waals surface area contributed by atoms with Crippen LogP contribution in [0.4, 0.5) is 0 Å². The van der Waals surface area contributed by atoms with Crippen LogP contribution >= 0.6 is 15.9 Å². The largest absolute Gasteiger partial charge is 0.441 e. The molecule has 0 radical (unpaired) electrons. The minimum atomic E-state index is -0.616. The molecule has 2 aromatic carbocycles. The average molecular weight is 332 g/mol. The highest BCUT2D eigenvalue weighted by atomic mass is 79.9. The molecule has 0 aliphatic heterocycles. The first-order valence-electron chi connectivity index (χ1n) is 6.42. The summed E-state index contributed by atoms with van der Waals surface area (Å²) >= 11 is 3.46. The van der Waals surface area contributed by atoms with Gasteiger partial charge in [0.05, 0.1) is 12.5 Å². The molecule has 4 heteroatoms. The minimum absolute atomic E-state index is 0.371. The fourth-order valence-electron chi connectivity index (χ4n) is 2.17. The second-order valence-corrected chi connectivity index (χ2v) is 5.66. The van der Waals surface area contributed by atoms with Gasteiger partial charge in [-0.05, 0) is 36.2 Å². The molecule has 102 valence electrons. The maximum absolute atomic E-state index is 10.3. The minimum Gasteiger partial charge on any atom is -0.441 e. The Labute approximate surface area is 125 Å². The van der Waals surface area contributed by atoms with E-state index in [0.29, 0.717) is 12.3 Å². The van der Waals surface area contributed by atoms with E-state index < -0.39 is 6.10 Å². The van der Waals surface area contributed by atoms with Gasteiger partial charge in [0, 0.05) is 4.47 Å². The van der Waals surface area contributed by atoms with Crippen LogP contribution in [0.5, 0.6) is 0 Å². The Morgan fingerprint density at radius 3 is 2.80 bits per heavy atom. The third-order valence-corrected chi connectivity index (χ3v) is 4.16. The number of hydrogen-bond donors (Lipinski definition) is 1. The smallest absolute Gasteiger partial charge is 0.198 e. The van der Waals surface area contributed by atoms with Gasteiger partial charge in [-0.25, -0.2) is 4.98 Å². The molecule has 0 amide bonds. The van der Waals surface area contributed by atoms with Crippen LogP contribution in [-0.2, 0) is 6.42 Å². The molecule has 1 unspecified atom stereocenters. The molecule has 3 aromatic rings. The fourth-order valence-corrected chi connectivity index (χ4v) is 2.41. The van der Waals surface area contributed by atoms with Gasteiger partial charge in [-0.2, -0.15) is 0 Å². The van der Waals surface area contributed by atoms with E-state index in [1.807, 2.05) is 49.4 Å². The Morgan fingerprint density at radius 1 is 1.25 bits per heavy atom. The Hall–Kier alpha value is -1.65. The molecular weight excluding hydrogens is 318 g/mol. The van der Waals surface area contributed by atoms with Crippen LogP contribution in [0.15, 0.2) is 51.4 Å². The van der Waals surface area contributed by atoms with Crippen molar-refractivity contribution < 1.29 is 9.52 Å². The van der Waals surface area contributed by atoms with Crippen molar-refractivity contribution >= 4 is 27.0 Å². The van der Waals surface area contributed by atoms with Gasteiger partial charge in [0.25, 0.3) is 0 Å². The van der Waals surface area contributed by atoms with Crippen LogP contribution in [0, 0.1) is 6.92 Å². The van der Waals surface area contributed by atoms with E-state index in [0.717, 1.165) is 26.7 Å². The molecule has 1 aromatic heterocycles. The Kier molecular flexibility index (Phi) is 3.59. The van der Waals surface area contributed by atoms with Crippen molar-refractivity contribution in [1.82, 2.24) is 4.98 Å². The van der Waals surface area contributed by atoms with E-state index in [2.05, 4.69) is 20.9 Å². The van der Waals surface area contributed by atoms with Crippen molar-refractivity contribution in [2.24, 2.45) is 0 Å². The fraction of sp³-hybridized carbons (Fsp3) is 0.188. The SMILES string of the molecule is Cc1cc(C(O)Cc2nc3ccccc3o2)ccc1Br. The molecule has 1 atom stereocenters. The summed E-state index contributed by atoms with van der Waals surface area (Å²) in [5.74, 6) is 0.555. The monoisotopic (exact) mass is 331 g/mol. The maximum Gasteiger partial charge on any atom is 0.198 e. The molecule has 20 heavy (non-hydrogen) atoms. The second kappa shape index (κ2) is 5.38. The lowest BCUT2D eigenvalue weighted by atomic mass is 10.0. The molecule has 0 bridgehead atoms. The zero-order valence-electron chi connectivity index (χ0n) is 11.0. The van der Waals surface area contributed by atoms with Crippen molar-refractivity contribution in [2.45, 2.75) is 19.4 Å². The van der Waals surface area contributed by atoms with Gasteiger partial charge in [-0.15, -0.1) is 0 Å². The number of fused-ring (bicyclic) bond motifs is 1. The van der Waals surface area contributed by atoms with Crippen molar-refractivity contribution in [3.05, 3.63) is 64.0 Å². The third-order valence-electron chi connectivity index (χ3n) is 3.27. The number of aliphatic hydroxyl groups excluding tert-OH is 1. The summed E-state index contributed by atoms with van der Waals surface area (Å²) in [5.41, 5.74) is 3.54. The quantitative estimate of drug-likeness (QED) is 0.783. The molecule has 1 heterocycles. The summed E-state index contributed by atoms with van der Waals surface area (Å²) in [5, 5.41) is 10.3. The van der Waals surface area contributed by atoms with Crippen molar-refractivity contribution in [3.8, 4) is 0 Å². The van der Waals surface area contributed by atoms with E-state index >= 15 is 0 Å². The van der Waals surface area contributed by atoms with Crippen LogP contribution in [0.3, 0.4) is 0 Å². The number of nitrogens with zero attached hydrogens (tertiary/aromatic N) is 1.